The summed E-state index contributed by atoms with van der Waals surface area (Å²) in [6.45, 7) is 0.246. The van der Waals surface area contributed by atoms with Gasteiger partial charge in [-0.25, -0.2) is 0 Å². The van der Waals surface area contributed by atoms with Crippen molar-refractivity contribution in [3.63, 3.8) is 0 Å². The van der Waals surface area contributed by atoms with E-state index < -0.39 is 0 Å². The first-order valence-corrected chi connectivity index (χ1v) is 6.49. The van der Waals surface area contributed by atoms with E-state index >= 15 is 0 Å². The van der Waals surface area contributed by atoms with Gasteiger partial charge in [0.25, 0.3) is 5.91 Å². The van der Waals surface area contributed by atoms with Gasteiger partial charge in [0.15, 0.2) is 11.5 Å². The molecule has 0 radical (unpaired) electrons. The molecule has 1 amide bonds. The van der Waals surface area contributed by atoms with Crippen LogP contribution in [0.15, 0.2) is 23.1 Å². The Morgan fingerprint density at radius 3 is 2.89 bits per heavy atom. The summed E-state index contributed by atoms with van der Waals surface area (Å²) in [5.41, 5.74) is 0.896. The second-order valence-corrected chi connectivity index (χ2v) is 5.53. The Morgan fingerprint density at radius 1 is 1.39 bits per heavy atom. The van der Waals surface area contributed by atoms with Crippen LogP contribution < -0.4 is 9.47 Å². The van der Waals surface area contributed by atoms with E-state index in [1.54, 1.807) is 7.05 Å². The minimum absolute atomic E-state index is 0.0670. The number of nitrogens with zero attached hydrogens (tertiary/aromatic N) is 1. The lowest BCUT2D eigenvalue weighted by atomic mass is 10.2. The first kappa shape index (κ1) is 11.6. The van der Waals surface area contributed by atoms with Gasteiger partial charge in [-0.15, -0.1) is 0 Å². The van der Waals surface area contributed by atoms with E-state index in [0.717, 1.165) is 11.3 Å². The van der Waals surface area contributed by atoms with Crippen molar-refractivity contribution in [3.8, 4) is 11.5 Å². The topological polar surface area (TPSA) is 38.8 Å². The summed E-state index contributed by atoms with van der Waals surface area (Å²) < 4.78 is 11.1. The van der Waals surface area contributed by atoms with Crippen molar-refractivity contribution in [2.45, 2.75) is 0 Å². The van der Waals surface area contributed by atoms with Crippen molar-refractivity contribution in [3.05, 3.63) is 28.7 Å². The van der Waals surface area contributed by atoms with Gasteiger partial charge in [-0.1, -0.05) is 30.0 Å². The standard InChI is InChI=1S/C12H9NO3S2/c1-13-11(14)10(18-12(13)17)5-7-2-3-8-9(4-7)16-6-15-8/h2-5H,6H2,1H3/b10-5+. The zero-order valence-electron chi connectivity index (χ0n) is 9.50. The Hall–Kier alpha value is -1.53. The highest BCUT2D eigenvalue weighted by molar-refractivity contribution is 8.26. The molecule has 0 unspecified atom stereocenters. The third kappa shape index (κ3) is 1.87. The second-order valence-electron chi connectivity index (χ2n) is 3.85. The molecule has 6 heteroatoms. The van der Waals surface area contributed by atoms with E-state index in [2.05, 4.69) is 0 Å². The van der Waals surface area contributed by atoms with E-state index in [0.29, 0.717) is 15.0 Å². The molecule has 1 saturated heterocycles. The number of thioether (sulfide) groups is 1. The zero-order valence-corrected chi connectivity index (χ0v) is 11.1. The molecule has 0 aliphatic carbocycles. The largest absolute Gasteiger partial charge is 0.454 e. The van der Waals surface area contributed by atoms with Gasteiger partial charge in [0.1, 0.15) is 4.32 Å². The van der Waals surface area contributed by atoms with Crippen LogP contribution >= 0.6 is 24.0 Å². The predicted molar refractivity (Wildman–Crippen MR) is 73.5 cm³/mol. The fourth-order valence-corrected chi connectivity index (χ4v) is 2.88. The number of likely N-dealkylation sites (N-methyl/N-ethyl adjacent to an activating group) is 1. The third-order valence-corrected chi connectivity index (χ3v) is 4.17. The van der Waals surface area contributed by atoms with Gasteiger partial charge in [-0.05, 0) is 23.8 Å². The van der Waals surface area contributed by atoms with Gasteiger partial charge >= 0.3 is 0 Å². The molecule has 0 spiro atoms. The molecule has 2 heterocycles. The molecule has 0 aromatic heterocycles. The Labute approximate surface area is 114 Å². The van der Waals surface area contributed by atoms with Gasteiger partial charge in [-0.3, -0.25) is 9.69 Å². The summed E-state index contributed by atoms with van der Waals surface area (Å²) in [6, 6.07) is 5.57. The summed E-state index contributed by atoms with van der Waals surface area (Å²) in [5.74, 6) is 1.37. The molecular weight excluding hydrogens is 270 g/mol. The van der Waals surface area contributed by atoms with Gasteiger partial charge in [0.05, 0.1) is 4.91 Å². The number of hydrogen-bond donors (Lipinski definition) is 0. The number of fused-ring (bicyclic) bond motifs is 1. The van der Waals surface area contributed by atoms with Crippen LogP contribution in [0.4, 0.5) is 0 Å². The maximum absolute atomic E-state index is 11.8. The highest BCUT2D eigenvalue weighted by atomic mass is 32.2. The van der Waals surface area contributed by atoms with Crippen molar-refractivity contribution in [1.29, 1.82) is 0 Å². The SMILES string of the molecule is CN1C(=O)/C(=C\c2ccc3c(c2)OCO3)SC1=S. The van der Waals surface area contributed by atoms with Crippen LogP contribution in [0.2, 0.25) is 0 Å². The molecule has 1 aromatic rings. The monoisotopic (exact) mass is 279 g/mol. The number of benzene rings is 1. The van der Waals surface area contributed by atoms with Crippen molar-refractivity contribution in [2.75, 3.05) is 13.8 Å². The van der Waals surface area contributed by atoms with E-state index in [9.17, 15) is 4.79 Å². The number of carbonyl (C=O) groups is 1. The zero-order chi connectivity index (χ0) is 12.7. The van der Waals surface area contributed by atoms with E-state index in [1.807, 2.05) is 24.3 Å². The molecule has 1 fully saturated rings. The average molecular weight is 279 g/mol. The molecule has 3 rings (SSSR count). The molecule has 0 saturated carbocycles. The minimum atomic E-state index is -0.0670. The first-order valence-electron chi connectivity index (χ1n) is 5.26. The molecule has 0 atom stereocenters. The maximum atomic E-state index is 11.8. The van der Waals surface area contributed by atoms with Gasteiger partial charge in [0.2, 0.25) is 6.79 Å². The van der Waals surface area contributed by atoms with Crippen LogP contribution in [0.3, 0.4) is 0 Å². The van der Waals surface area contributed by atoms with Gasteiger partial charge in [-0.2, -0.15) is 0 Å². The summed E-state index contributed by atoms with van der Waals surface area (Å²) in [4.78, 5) is 13.9. The Kier molecular flexibility index (Phi) is 2.76. The van der Waals surface area contributed by atoms with Crippen molar-refractivity contribution in [2.24, 2.45) is 0 Å². The van der Waals surface area contributed by atoms with E-state index in [-0.39, 0.29) is 12.7 Å². The van der Waals surface area contributed by atoms with Crippen LogP contribution in [0.25, 0.3) is 6.08 Å². The summed E-state index contributed by atoms with van der Waals surface area (Å²) in [6.07, 6.45) is 1.81. The molecule has 2 aliphatic rings. The van der Waals surface area contributed by atoms with Crippen LogP contribution in [0.5, 0.6) is 11.5 Å². The van der Waals surface area contributed by atoms with E-state index in [1.165, 1.54) is 16.7 Å². The number of ether oxygens (including phenoxy) is 2. The highest BCUT2D eigenvalue weighted by Gasteiger charge is 2.28. The molecule has 0 bridgehead atoms. The predicted octanol–water partition coefficient (Wildman–Crippen LogP) is 2.25. The van der Waals surface area contributed by atoms with Crippen molar-refractivity contribution in [1.82, 2.24) is 4.90 Å². The molecule has 92 valence electrons. The third-order valence-electron chi connectivity index (χ3n) is 2.68. The van der Waals surface area contributed by atoms with Crippen molar-refractivity contribution >= 4 is 40.3 Å². The molecular formula is C12H9NO3S2. The van der Waals surface area contributed by atoms with Crippen LogP contribution in [0.1, 0.15) is 5.56 Å². The molecule has 18 heavy (non-hydrogen) atoms. The van der Waals surface area contributed by atoms with Crippen LogP contribution in [-0.4, -0.2) is 29.0 Å². The number of thiocarbonyl (C=S) groups is 1. The smallest absolute Gasteiger partial charge is 0.265 e. The summed E-state index contributed by atoms with van der Waals surface area (Å²) >= 11 is 6.38. The Balaban J connectivity index is 1.93. The Morgan fingerprint density at radius 2 is 2.17 bits per heavy atom. The number of rotatable bonds is 1. The fourth-order valence-electron chi connectivity index (χ4n) is 1.70. The minimum Gasteiger partial charge on any atom is -0.454 e. The number of amides is 1. The molecule has 2 aliphatic heterocycles. The van der Waals surface area contributed by atoms with Gasteiger partial charge < -0.3 is 9.47 Å². The maximum Gasteiger partial charge on any atom is 0.265 e. The molecule has 1 aromatic carbocycles. The lowest BCUT2D eigenvalue weighted by Crippen LogP contribution is -2.22. The lowest BCUT2D eigenvalue weighted by molar-refractivity contribution is -0.121. The highest BCUT2D eigenvalue weighted by Crippen LogP contribution is 2.35. The number of hydrogen-bond acceptors (Lipinski definition) is 5. The quantitative estimate of drug-likeness (QED) is 0.582. The first-order chi connectivity index (χ1) is 8.65. The average Bonchev–Trinajstić information content (AvgIpc) is 2.91. The van der Waals surface area contributed by atoms with E-state index in [4.69, 9.17) is 21.7 Å². The van der Waals surface area contributed by atoms with Crippen LogP contribution in [-0.2, 0) is 4.79 Å². The fraction of sp³-hybridized carbons (Fsp3) is 0.167. The molecule has 0 N–H and O–H groups in total. The van der Waals surface area contributed by atoms with Gasteiger partial charge in [0, 0.05) is 7.05 Å². The van der Waals surface area contributed by atoms with Crippen LogP contribution in [0, 0.1) is 0 Å². The normalized spacial score (nSPS) is 20.1. The Bertz CT molecular complexity index is 583. The van der Waals surface area contributed by atoms with Crippen molar-refractivity contribution < 1.29 is 14.3 Å². The lowest BCUT2D eigenvalue weighted by Gasteiger charge is -2.03. The number of carbonyl (C=O) groups excluding carboxylic acids is 1. The second kappa shape index (κ2) is 4.29. The molecule has 4 nitrogen and oxygen atoms in total. The summed E-state index contributed by atoms with van der Waals surface area (Å²) in [7, 11) is 1.68. The summed E-state index contributed by atoms with van der Waals surface area (Å²) in [5, 5.41) is 0.